The standard InChI is InChI=1S/C12H27N5O2S.HI/c1-11(2)16-20(18,19)15-8-7-14-12(13)17-9-5-3-4-6-10-17;/h11,15-16H,3-10H2,1-2H3,(H2,13,14);1H. The zero-order valence-corrected chi connectivity index (χ0v) is 16.0. The van der Waals surface area contributed by atoms with Gasteiger partial charge in [0.25, 0.3) is 10.2 Å². The van der Waals surface area contributed by atoms with Crippen molar-refractivity contribution in [3.05, 3.63) is 0 Å². The van der Waals surface area contributed by atoms with E-state index in [1.807, 2.05) is 0 Å². The Bertz CT molecular complexity index is 406. The molecule has 1 aliphatic rings. The average Bonchev–Trinajstić information content (AvgIpc) is 2.61. The minimum atomic E-state index is -3.43. The van der Waals surface area contributed by atoms with Gasteiger partial charge in [-0.1, -0.05) is 12.8 Å². The van der Waals surface area contributed by atoms with Crippen molar-refractivity contribution in [3.8, 4) is 0 Å². The summed E-state index contributed by atoms with van der Waals surface area (Å²) in [6.07, 6.45) is 4.76. The number of aliphatic imine (C=N–C) groups is 1. The summed E-state index contributed by atoms with van der Waals surface area (Å²) in [5.74, 6) is 0.517. The first-order chi connectivity index (χ1) is 9.41. The van der Waals surface area contributed by atoms with Gasteiger partial charge in [-0.15, -0.1) is 24.0 Å². The van der Waals surface area contributed by atoms with Gasteiger partial charge in [-0.25, -0.2) is 4.72 Å². The molecule has 21 heavy (non-hydrogen) atoms. The molecule has 0 aliphatic carbocycles. The second-order valence-corrected chi connectivity index (χ2v) is 6.84. The lowest BCUT2D eigenvalue weighted by molar-refractivity contribution is 0.428. The Kier molecular flexibility index (Phi) is 10.5. The Labute approximate surface area is 145 Å². The minimum Gasteiger partial charge on any atom is -0.370 e. The molecule has 126 valence electrons. The van der Waals surface area contributed by atoms with Crippen LogP contribution in [0.2, 0.25) is 0 Å². The first kappa shape index (κ1) is 20.9. The summed E-state index contributed by atoms with van der Waals surface area (Å²) in [5, 5.41) is 0. The third-order valence-electron chi connectivity index (χ3n) is 3.00. The Morgan fingerprint density at radius 2 is 1.81 bits per heavy atom. The van der Waals surface area contributed by atoms with Gasteiger partial charge in [0.1, 0.15) is 0 Å². The van der Waals surface area contributed by atoms with Crippen LogP contribution in [0, 0.1) is 0 Å². The van der Waals surface area contributed by atoms with Crippen molar-refractivity contribution in [1.29, 1.82) is 0 Å². The number of hydrogen-bond acceptors (Lipinski definition) is 3. The van der Waals surface area contributed by atoms with Crippen LogP contribution in [0.4, 0.5) is 0 Å². The number of nitrogens with two attached hydrogens (primary N) is 1. The number of nitrogens with zero attached hydrogens (tertiary/aromatic N) is 2. The highest BCUT2D eigenvalue weighted by atomic mass is 127. The van der Waals surface area contributed by atoms with Crippen LogP contribution < -0.4 is 15.2 Å². The zero-order chi connectivity index (χ0) is 15.0. The van der Waals surface area contributed by atoms with Crippen LogP contribution in [0.3, 0.4) is 0 Å². The van der Waals surface area contributed by atoms with Crippen molar-refractivity contribution in [2.24, 2.45) is 10.7 Å². The molecule has 0 amide bonds. The Hall–Kier alpha value is -0.130. The van der Waals surface area contributed by atoms with Gasteiger partial charge >= 0.3 is 0 Å². The monoisotopic (exact) mass is 433 g/mol. The van der Waals surface area contributed by atoms with Crippen LogP contribution in [0.1, 0.15) is 39.5 Å². The molecule has 1 saturated heterocycles. The number of halogens is 1. The second kappa shape index (κ2) is 10.6. The van der Waals surface area contributed by atoms with Gasteiger partial charge in [0.15, 0.2) is 5.96 Å². The maximum Gasteiger partial charge on any atom is 0.277 e. The highest BCUT2D eigenvalue weighted by molar-refractivity contribution is 14.0. The Morgan fingerprint density at radius 3 is 2.33 bits per heavy atom. The summed E-state index contributed by atoms with van der Waals surface area (Å²) in [6.45, 7) is 6.02. The van der Waals surface area contributed by atoms with E-state index in [4.69, 9.17) is 5.73 Å². The van der Waals surface area contributed by atoms with Crippen LogP contribution in [0.5, 0.6) is 0 Å². The quantitative estimate of drug-likeness (QED) is 0.248. The lowest BCUT2D eigenvalue weighted by Crippen LogP contribution is -2.42. The molecule has 0 spiro atoms. The van der Waals surface area contributed by atoms with Gasteiger partial charge in [-0.05, 0) is 26.7 Å². The lowest BCUT2D eigenvalue weighted by Gasteiger charge is -2.21. The SMILES string of the molecule is CC(C)NS(=O)(=O)NCCN=C(N)N1CCCCCC1.I. The van der Waals surface area contributed by atoms with E-state index in [1.54, 1.807) is 13.8 Å². The third kappa shape index (κ3) is 9.48. The predicted molar refractivity (Wildman–Crippen MR) is 97.1 cm³/mol. The summed E-state index contributed by atoms with van der Waals surface area (Å²) in [4.78, 5) is 6.31. The van der Waals surface area contributed by atoms with Crippen molar-refractivity contribution < 1.29 is 8.42 Å². The van der Waals surface area contributed by atoms with E-state index in [9.17, 15) is 8.42 Å². The third-order valence-corrected chi connectivity index (χ3v) is 4.36. The molecule has 0 bridgehead atoms. The number of nitrogens with one attached hydrogen (secondary N) is 2. The fourth-order valence-electron chi connectivity index (χ4n) is 2.10. The molecule has 1 rings (SSSR count). The van der Waals surface area contributed by atoms with Crippen molar-refractivity contribution in [2.45, 2.75) is 45.6 Å². The highest BCUT2D eigenvalue weighted by Crippen LogP contribution is 2.08. The first-order valence-corrected chi connectivity index (χ1v) is 8.71. The fourth-order valence-corrected chi connectivity index (χ4v) is 3.17. The van der Waals surface area contributed by atoms with Crippen LogP contribution in [0.15, 0.2) is 4.99 Å². The first-order valence-electron chi connectivity index (χ1n) is 7.22. The molecular weight excluding hydrogens is 405 g/mol. The van der Waals surface area contributed by atoms with Gasteiger partial charge in [-0.2, -0.15) is 13.1 Å². The molecule has 9 heteroatoms. The molecular formula is C12H28IN5O2S. The van der Waals surface area contributed by atoms with Crippen molar-refractivity contribution in [2.75, 3.05) is 26.2 Å². The molecule has 0 aromatic carbocycles. The molecule has 0 aromatic heterocycles. The number of likely N-dealkylation sites (tertiary alicyclic amines) is 1. The van der Waals surface area contributed by atoms with Gasteiger partial charge in [0.05, 0.1) is 6.54 Å². The lowest BCUT2D eigenvalue weighted by atomic mass is 10.2. The van der Waals surface area contributed by atoms with Gasteiger partial charge < -0.3 is 10.6 Å². The van der Waals surface area contributed by atoms with Crippen LogP contribution in [-0.4, -0.2) is 51.5 Å². The molecule has 0 radical (unpaired) electrons. The number of rotatable bonds is 6. The van der Waals surface area contributed by atoms with Gasteiger partial charge in [-0.3, -0.25) is 4.99 Å². The largest absolute Gasteiger partial charge is 0.370 e. The van der Waals surface area contributed by atoms with Crippen LogP contribution in [-0.2, 0) is 10.2 Å². The van der Waals surface area contributed by atoms with E-state index in [0.29, 0.717) is 12.5 Å². The molecule has 0 atom stereocenters. The molecule has 1 heterocycles. The minimum absolute atomic E-state index is 0. The predicted octanol–water partition coefficient (Wildman–Crippen LogP) is 0.628. The van der Waals surface area contributed by atoms with E-state index >= 15 is 0 Å². The second-order valence-electron chi connectivity index (χ2n) is 5.31. The Morgan fingerprint density at radius 1 is 1.24 bits per heavy atom. The fraction of sp³-hybridized carbons (Fsp3) is 0.917. The van der Waals surface area contributed by atoms with E-state index in [-0.39, 0.29) is 36.6 Å². The molecule has 4 N–H and O–H groups in total. The smallest absolute Gasteiger partial charge is 0.277 e. The molecule has 7 nitrogen and oxygen atoms in total. The van der Waals surface area contributed by atoms with E-state index < -0.39 is 10.2 Å². The number of hydrogen-bond donors (Lipinski definition) is 3. The molecule has 1 aliphatic heterocycles. The molecule has 1 fully saturated rings. The van der Waals surface area contributed by atoms with E-state index in [1.165, 1.54) is 12.8 Å². The maximum absolute atomic E-state index is 11.5. The van der Waals surface area contributed by atoms with Crippen LogP contribution in [0.25, 0.3) is 0 Å². The number of guanidine groups is 1. The normalized spacial score (nSPS) is 17.5. The summed E-state index contributed by atoms with van der Waals surface area (Å²) >= 11 is 0. The molecule has 0 saturated carbocycles. The summed E-state index contributed by atoms with van der Waals surface area (Å²) in [5.41, 5.74) is 5.93. The highest BCUT2D eigenvalue weighted by Gasteiger charge is 2.12. The van der Waals surface area contributed by atoms with E-state index in [2.05, 4.69) is 19.3 Å². The maximum atomic E-state index is 11.5. The van der Waals surface area contributed by atoms with Crippen LogP contribution >= 0.6 is 24.0 Å². The summed E-state index contributed by atoms with van der Waals surface area (Å²) in [7, 11) is -3.43. The van der Waals surface area contributed by atoms with Crippen molar-refractivity contribution >= 4 is 40.1 Å². The van der Waals surface area contributed by atoms with Crippen molar-refractivity contribution in [1.82, 2.24) is 14.3 Å². The van der Waals surface area contributed by atoms with Gasteiger partial charge in [0, 0.05) is 25.7 Å². The zero-order valence-electron chi connectivity index (χ0n) is 12.8. The van der Waals surface area contributed by atoms with Crippen molar-refractivity contribution in [3.63, 3.8) is 0 Å². The van der Waals surface area contributed by atoms with Gasteiger partial charge in [0.2, 0.25) is 0 Å². The molecule has 0 aromatic rings. The topological polar surface area (TPSA) is 99.8 Å². The average molecular weight is 433 g/mol. The summed E-state index contributed by atoms with van der Waals surface area (Å²) < 4.78 is 27.9. The summed E-state index contributed by atoms with van der Waals surface area (Å²) in [6, 6.07) is -0.127. The van der Waals surface area contributed by atoms with E-state index in [0.717, 1.165) is 25.9 Å². The molecule has 0 unspecified atom stereocenters. The Balaban J connectivity index is 0.00000400.